The van der Waals surface area contributed by atoms with Gasteiger partial charge in [0.05, 0.1) is 13.1 Å². The molecule has 0 unspecified atom stereocenters. The Morgan fingerprint density at radius 1 is 1.04 bits per heavy atom. The van der Waals surface area contributed by atoms with Gasteiger partial charge in [0.1, 0.15) is 0 Å². The third-order valence-corrected chi connectivity index (χ3v) is 5.81. The highest BCUT2D eigenvalue weighted by Crippen LogP contribution is 2.41. The second kappa shape index (κ2) is 6.28. The maximum Gasteiger partial charge on any atom is 0.260 e. The summed E-state index contributed by atoms with van der Waals surface area (Å²) in [5.41, 5.74) is 0.402. The van der Waals surface area contributed by atoms with Crippen LogP contribution < -0.4 is 0 Å². The van der Waals surface area contributed by atoms with Gasteiger partial charge in [-0.05, 0) is 45.1 Å². The predicted molar refractivity (Wildman–Crippen MR) is 85.6 cm³/mol. The average Bonchev–Trinajstić information content (AvgIpc) is 2.43. The number of carbonyl (C=O) groups is 1. The van der Waals surface area contributed by atoms with Crippen molar-refractivity contribution < 1.29 is 13.6 Å². The lowest BCUT2D eigenvalue weighted by Gasteiger charge is -2.55. The summed E-state index contributed by atoms with van der Waals surface area (Å²) in [5, 5.41) is 0. The Balaban J connectivity index is 1.44. The first kappa shape index (κ1) is 17.1. The van der Waals surface area contributed by atoms with Crippen molar-refractivity contribution in [2.24, 2.45) is 5.41 Å². The van der Waals surface area contributed by atoms with Crippen LogP contribution in [0.4, 0.5) is 8.78 Å². The summed E-state index contributed by atoms with van der Waals surface area (Å²) < 4.78 is 26.9. The van der Waals surface area contributed by atoms with Crippen LogP contribution >= 0.6 is 0 Å². The van der Waals surface area contributed by atoms with Crippen molar-refractivity contribution in [1.82, 2.24) is 14.7 Å². The highest BCUT2D eigenvalue weighted by molar-refractivity contribution is 5.78. The number of halogens is 2. The van der Waals surface area contributed by atoms with E-state index >= 15 is 0 Å². The van der Waals surface area contributed by atoms with Gasteiger partial charge in [0.2, 0.25) is 5.91 Å². The number of likely N-dealkylation sites (tertiary alicyclic amines) is 3. The molecule has 3 heterocycles. The molecule has 3 aliphatic rings. The number of piperidine rings is 2. The van der Waals surface area contributed by atoms with E-state index in [2.05, 4.69) is 18.7 Å². The zero-order valence-corrected chi connectivity index (χ0v) is 14.4. The van der Waals surface area contributed by atoms with E-state index in [0.717, 1.165) is 39.0 Å². The molecule has 0 bridgehead atoms. The van der Waals surface area contributed by atoms with Crippen LogP contribution in [0.15, 0.2) is 0 Å². The maximum atomic E-state index is 13.4. The lowest BCUT2D eigenvalue weighted by atomic mass is 9.71. The Hall–Kier alpha value is -0.750. The minimum absolute atomic E-state index is 0.0255. The molecule has 0 saturated carbocycles. The molecule has 0 aliphatic carbocycles. The summed E-state index contributed by atoms with van der Waals surface area (Å²) in [7, 11) is 0. The minimum Gasteiger partial charge on any atom is -0.342 e. The van der Waals surface area contributed by atoms with Gasteiger partial charge in [-0.3, -0.25) is 14.6 Å². The van der Waals surface area contributed by atoms with Gasteiger partial charge >= 0.3 is 0 Å². The first-order valence-electron chi connectivity index (χ1n) is 8.91. The number of amides is 1. The fourth-order valence-corrected chi connectivity index (χ4v) is 4.20. The Morgan fingerprint density at radius 3 is 2.26 bits per heavy atom. The molecule has 3 saturated heterocycles. The molecule has 3 aliphatic heterocycles. The molecule has 0 radical (unpaired) electrons. The van der Waals surface area contributed by atoms with Gasteiger partial charge < -0.3 is 4.90 Å². The second-order valence-electron chi connectivity index (χ2n) is 8.05. The summed E-state index contributed by atoms with van der Waals surface area (Å²) in [5.74, 6) is -2.60. The van der Waals surface area contributed by atoms with Crippen LogP contribution in [0, 0.1) is 5.41 Å². The van der Waals surface area contributed by atoms with Crippen LogP contribution in [-0.2, 0) is 4.79 Å². The van der Waals surface area contributed by atoms with Gasteiger partial charge in [-0.15, -0.1) is 0 Å². The molecular formula is C17H29F2N3O. The number of hydrogen-bond donors (Lipinski definition) is 0. The summed E-state index contributed by atoms with van der Waals surface area (Å²) in [4.78, 5) is 18.4. The summed E-state index contributed by atoms with van der Waals surface area (Å²) in [6.45, 7) is 8.81. The van der Waals surface area contributed by atoms with Gasteiger partial charge in [0, 0.05) is 38.6 Å². The van der Waals surface area contributed by atoms with Crippen LogP contribution in [-0.4, -0.2) is 78.4 Å². The van der Waals surface area contributed by atoms with Crippen molar-refractivity contribution in [2.45, 2.75) is 51.5 Å². The summed E-state index contributed by atoms with van der Waals surface area (Å²) in [6.07, 6.45) is 2.54. The Labute approximate surface area is 137 Å². The molecule has 0 aromatic carbocycles. The largest absolute Gasteiger partial charge is 0.342 e. The van der Waals surface area contributed by atoms with E-state index in [4.69, 9.17) is 0 Å². The molecule has 3 fully saturated rings. The molecule has 23 heavy (non-hydrogen) atoms. The fraction of sp³-hybridized carbons (Fsp3) is 0.941. The van der Waals surface area contributed by atoms with Crippen molar-refractivity contribution in [3.8, 4) is 0 Å². The quantitative estimate of drug-likeness (QED) is 0.793. The van der Waals surface area contributed by atoms with E-state index in [1.165, 1.54) is 0 Å². The smallest absolute Gasteiger partial charge is 0.260 e. The number of alkyl halides is 2. The molecule has 0 atom stereocenters. The Morgan fingerprint density at radius 2 is 1.70 bits per heavy atom. The van der Waals surface area contributed by atoms with Crippen LogP contribution in [0.2, 0.25) is 0 Å². The van der Waals surface area contributed by atoms with E-state index in [1.807, 2.05) is 4.90 Å². The molecule has 4 nitrogen and oxygen atoms in total. The molecule has 6 heteroatoms. The normalized spacial score (nSPS) is 28.1. The maximum absolute atomic E-state index is 13.4. The van der Waals surface area contributed by atoms with Crippen LogP contribution in [0.25, 0.3) is 0 Å². The van der Waals surface area contributed by atoms with Crippen LogP contribution in [0.3, 0.4) is 0 Å². The standard InChI is InChI=1S/C17H29F2N3O/c1-14(2)22-11-16(12-22)5-8-21(9-6-16)15(23)10-20-7-3-4-17(18,19)13-20/h14H,3-13H2,1-2H3. The lowest BCUT2D eigenvalue weighted by molar-refractivity contribution is -0.140. The van der Waals surface area contributed by atoms with E-state index in [9.17, 15) is 13.6 Å². The monoisotopic (exact) mass is 329 g/mol. The molecule has 0 aromatic rings. The number of nitrogens with zero attached hydrogens (tertiary/aromatic N) is 3. The molecule has 0 N–H and O–H groups in total. The van der Waals surface area contributed by atoms with Gasteiger partial charge in [-0.2, -0.15) is 0 Å². The topological polar surface area (TPSA) is 26.8 Å². The highest BCUT2D eigenvalue weighted by atomic mass is 19.3. The molecule has 0 aromatic heterocycles. The van der Waals surface area contributed by atoms with Gasteiger partial charge in [-0.1, -0.05) is 0 Å². The van der Waals surface area contributed by atoms with E-state index in [0.29, 0.717) is 24.4 Å². The number of rotatable bonds is 3. The minimum atomic E-state index is -2.63. The zero-order valence-electron chi connectivity index (χ0n) is 14.4. The van der Waals surface area contributed by atoms with Gasteiger partial charge in [-0.25, -0.2) is 8.78 Å². The lowest BCUT2D eigenvalue weighted by Crippen LogP contribution is -2.62. The molecule has 3 rings (SSSR count). The first-order chi connectivity index (χ1) is 10.8. The van der Waals surface area contributed by atoms with E-state index in [1.54, 1.807) is 4.90 Å². The SMILES string of the molecule is CC(C)N1CC2(CCN(C(=O)CN3CCCC(F)(F)C3)CC2)C1. The number of hydrogen-bond acceptors (Lipinski definition) is 3. The van der Waals surface area contributed by atoms with Gasteiger partial charge in [0.25, 0.3) is 5.92 Å². The molecule has 1 amide bonds. The van der Waals surface area contributed by atoms with Crippen molar-refractivity contribution in [2.75, 3.05) is 45.8 Å². The second-order valence-corrected chi connectivity index (χ2v) is 8.05. The number of carbonyl (C=O) groups excluding carboxylic acids is 1. The average molecular weight is 329 g/mol. The van der Waals surface area contributed by atoms with E-state index in [-0.39, 0.29) is 25.4 Å². The Bertz CT molecular complexity index is 439. The summed E-state index contributed by atoms with van der Waals surface area (Å²) >= 11 is 0. The Kier molecular flexibility index (Phi) is 4.67. The molecule has 132 valence electrons. The van der Waals surface area contributed by atoms with Crippen molar-refractivity contribution >= 4 is 5.91 Å². The van der Waals surface area contributed by atoms with E-state index < -0.39 is 5.92 Å². The fourth-order valence-electron chi connectivity index (χ4n) is 4.20. The molecular weight excluding hydrogens is 300 g/mol. The van der Waals surface area contributed by atoms with Crippen molar-refractivity contribution in [1.29, 1.82) is 0 Å². The third kappa shape index (κ3) is 3.85. The predicted octanol–water partition coefficient (Wildman–Crippen LogP) is 2.05. The van der Waals surface area contributed by atoms with Crippen LogP contribution in [0.5, 0.6) is 0 Å². The van der Waals surface area contributed by atoms with Gasteiger partial charge in [0.15, 0.2) is 0 Å². The summed E-state index contributed by atoms with van der Waals surface area (Å²) in [6, 6.07) is 0.598. The molecule has 1 spiro atoms. The first-order valence-corrected chi connectivity index (χ1v) is 8.91. The highest BCUT2D eigenvalue weighted by Gasteiger charge is 2.46. The third-order valence-electron chi connectivity index (χ3n) is 5.81. The zero-order chi connectivity index (χ0) is 16.7. The van der Waals surface area contributed by atoms with Crippen molar-refractivity contribution in [3.63, 3.8) is 0 Å². The van der Waals surface area contributed by atoms with Crippen molar-refractivity contribution in [3.05, 3.63) is 0 Å². The van der Waals surface area contributed by atoms with Crippen LogP contribution in [0.1, 0.15) is 39.5 Å².